The van der Waals surface area contributed by atoms with Crippen molar-refractivity contribution in [1.82, 2.24) is 15.0 Å². The molecule has 0 aliphatic carbocycles. The molecule has 1 aliphatic rings. The summed E-state index contributed by atoms with van der Waals surface area (Å²) >= 11 is 0. The molecule has 4 rings (SSSR count). The van der Waals surface area contributed by atoms with E-state index in [0.29, 0.717) is 24.8 Å². The zero-order valence-electron chi connectivity index (χ0n) is 21.4. The van der Waals surface area contributed by atoms with Crippen LogP contribution in [0.2, 0.25) is 0 Å². The second-order valence-corrected chi connectivity index (χ2v) is 10.4. The molecule has 3 aromatic rings. The first-order valence-electron chi connectivity index (χ1n) is 12.8. The summed E-state index contributed by atoms with van der Waals surface area (Å²) in [6.45, 7) is 9.74. The molecule has 1 saturated heterocycles. The van der Waals surface area contributed by atoms with Crippen molar-refractivity contribution < 1.29 is 18.8 Å². The van der Waals surface area contributed by atoms with Gasteiger partial charge < -0.3 is 18.9 Å². The Morgan fingerprint density at radius 3 is 2.66 bits per heavy atom. The summed E-state index contributed by atoms with van der Waals surface area (Å²) < 4.78 is 17.0. The van der Waals surface area contributed by atoms with Gasteiger partial charge in [-0.25, -0.2) is 4.79 Å². The van der Waals surface area contributed by atoms with E-state index in [-0.39, 0.29) is 12.0 Å². The summed E-state index contributed by atoms with van der Waals surface area (Å²) in [6.07, 6.45) is 6.62. The number of fused-ring (bicyclic) bond motifs is 1. The van der Waals surface area contributed by atoms with Crippen LogP contribution in [0.5, 0.6) is 5.75 Å². The molecule has 0 N–H and O–H groups in total. The highest BCUT2D eigenvalue weighted by atomic mass is 16.6. The molecule has 0 bridgehead atoms. The molecular weight excluding hydrogens is 442 g/mol. The number of hydrogen-bond donors (Lipinski definition) is 0. The maximum atomic E-state index is 12.4. The Kier molecular flexibility index (Phi) is 7.93. The molecule has 1 atom stereocenters. The molecule has 1 amide bonds. The highest BCUT2D eigenvalue weighted by molar-refractivity contribution is 5.87. The van der Waals surface area contributed by atoms with Crippen LogP contribution in [0.3, 0.4) is 0 Å². The Morgan fingerprint density at radius 1 is 1.09 bits per heavy atom. The molecule has 1 aliphatic heterocycles. The molecule has 0 radical (unpaired) electrons. The van der Waals surface area contributed by atoms with E-state index in [2.05, 4.69) is 41.3 Å². The smallest absolute Gasteiger partial charge is 0.410 e. The number of ether oxygens (including phenoxy) is 2. The van der Waals surface area contributed by atoms with E-state index in [4.69, 9.17) is 14.0 Å². The summed E-state index contributed by atoms with van der Waals surface area (Å²) in [7, 11) is 0. The fourth-order valence-electron chi connectivity index (χ4n) is 4.32. The molecule has 2 heterocycles. The highest BCUT2D eigenvalue weighted by Crippen LogP contribution is 2.30. The summed E-state index contributed by atoms with van der Waals surface area (Å²) in [5.74, 6) is 2.04. The van der Waals surface area contributed by atoms with E-state index in [9.17, 15) is 4.79 Å². The lowest BCUT2D eigenvalue weighted by atomic mass is 10.1. The first-order chi connectivity index (χ1) is 16.8. The molecule has 0 saturated carbocycles. The normalized spacial score (nSPS) is 16.1. The van der Waals surface area contributed by atoms with E-state index in [1.807, 2.05) is 32.9 Å². The van der Waals surface area contributed by atoms with Gasteiger partial charge in [0.05, 0.1) is 12.5 Å². The van der Waals surface area contributed by atoms with Crippen LogP contribution in [0.1, 0.15) is 78.0 Å². The van der Waals surface area contributed by atoms with Crippen molar-refractivity contribution in [3.05, 3.63) is 42.3 Å². The van der Waals surface area contributed by atoms with Crippen molar-refractivity contribution in [3.8, 4) is 17.1 Å². The minimum absolute atomic E-state index is 0.0194. The molecule has 7 nitrogen and oxygen atoms in total. The Labute approximate surface area is 207 Å². The Balaban J connectivity index is 1.36. The van der Waals surface area contributed by atoms with Gasteiger partial charge in [0.1, 0.15) is 11.4 Å². The first kappa shape index (κ1) is 25.0. The molecular formula is C28H37N3O4. The van der Waals surface area contributed by atoms with E-state index in [0.717, 1.165) is 41.5 Å². The molecule has 35 heavy (non-hydrogen) atoms. The second kappa shape index (κ2) is 11.1. The second-order valence-electron chi connectivity index (χ2n) is 10.4. The van der Waals surface area contributed by atoms with E-state index in [1.54, 1.807) is 4.90 Å². The van der Waals surface area contributed by atoms with Crippen LogP contribution in [0.4, 0.5) is 4.79 Å². The quantitative estimate of drug-likeness (QED) is 0.309. The van der Waals surface area contributed by atoms with Crippen LogP contribution in [0.25, 0.3) is 22.2 Å². The molecule has 1 aromatic heterocycles. The van der Waals surface area contributed by atoms with Gasteiger partial charge in [0, 0.05) is 18.7 Å². The average molecular weight is 480 g/mol. The van der Waals surface area contributed by atoms with E-state index >= 15 is 0 Å². The number of carbonyl (C=O) groups is 1. The zero-order chi connectivity index (χ0) is 24.8. The highest BCUT2D eigenvalue weighted by Gasteiger charge is 2.33. The number of carbonyl (C=O) groups excluding carboxylic acids is 1. The van der Waals surface area contributed by atoms with Crippen LogP contribution >= 0.6 is 0 Å². The zero-order valence-corrected chi connectivity index (χ0v) is 21.4. The van der Waals surface area contributed by atoms with E-state index < -0.39 is 5.60 Å². The van der Waals surface area contributed by atoms with Gasteiger partial charge in [0.2, 0.25) is 11.7 Å². The Bertz CT molecular complexity index is 1130. The Hall–Kier alpha value is -3.09. The van der Waals surface area contributed by atoms with Crippen LogP contribution in [-0.2, 0) is 4.74 Å². The number of unbranched alkanes of at least 4 members (excludes halogenated alkanes) is 4. The monoisotopic (exact) mass is 479 g/mol. The number of benzene rings is 2. The third-order valence-corrected chi connectivity index (χ3v) is 6.22. The lowest BCUT2D eigenvalue weighted by molar-refractivity contribution is 0.0291. The fourth-order valence-corrected chi connectivity index (χ4v) is 4.32. The number of hydrogen-bond acceptors (Lipinski definition) is 6. The molecule has 1 fully saturated rings. The SMILES string of the molecule is CCCCCCCOc1ccc2cc(-c3noc([C@@H]4CCN(C(=O)OC(C)(C)C)C4)n3)ccc2c1. The van der Waals surface area contributed by atoms with Gasteiger partial charge in [-0.3, -0.25) is 0 Å². The van der Waals surface area contributed by atoms with Crippen LogP contribution in [0.15, 0.2) is 40.9 Å². The van der Waals surface area contributed by atoms with Crippen molar-refractivity contribution in [1.29, 1.82) is 0 Å². The molecule has 7 heteroatoms. The van der Waals surface area contributed by atoms with Gasteiger partial charge in [-0.05, 0) is 62.6 Å². The van der Waals surface area contributed by atoms with Crippen molar-refractivity contribution in [2.75, 3.05) is 19.7 Å². The molecule has 0 unspecified atom stereocenters. The van der Waals surface area contributed by atoms with Crippen molar-refractivity contribution in [3.63, 3.8) is 0 Å². The summed E-state index contributed by atoms with van der Waals surface area (Å²) in [5, 5.41) is 6.42. The fraction of sp³-hybridized carbons (Fsp3) is 0.536. The van der Waals surface area contributed by atoms with Gasteiger partial charge in [-0.2, -0.15) is 4.98 Å². The van der Waals surface area contributed by atoms with Gasteiger partial charge in [0.15, 0.2) is 0 Å². The number of likely N-dealkylation sites (tertiary alicyclic amines) is 1. The van der Waals surface area contributed by atoms with Crippen LogP contribution in [-0.4, -0.2) is 46.4 Å². The summed E-state index contributed by atoms with van der Waals surface area (Å²) in [6, 6.07) is 12.3. The lowest BCUT2D eigenvalue weighted by Gasteiger charge is -2.24. The summed E-state index contributed by atoms with van der Waals surface area (Å²) in [5.41, 5.74) is 0.392. The van der Waals surface area contributed by atoms with Gasteiger partial charge >= 0.3 is 6.09 Å². The average Bonchev–Trinajstić information content (AvgIpc) is 3.50. The predicted molar refractivity (Wildman–Crippen MR) is 137 cm³/mol. The van der Waals surface area contributed by atoms with Gasteiger partial charge in [0.25, 0.3) is 0 Å². The lowest BCUT2D eigenvalue weighted by Crippen LogP contribution is -2.35. The largest absolute Gasteiger partial charge is 0.494 e. The van der Waals surface area contributed by atoms with Crippen molar-refractivity contribution >= 4 is 16.9 Å². The summed E-state index contributed by atoms with van der Waals surface area (Å²) in [4.78, 5) is 18.7. The molecule has 2 aromatic carbocycles. The third kappa shape index (κ3) is 6.74. The first-order valence-corrected chi connectivity index (χ1v) is 12.8. The van der Waals surface area contributed by atoms with Crippen molar-refractivity contribution in [2.24, 2.45) is 0 Å². The molecule has 188 valence electrons. The van der Waals surface area contributed by atoms with Crippen molar-refractivity contribution in [2.45, 2.75) is 77.7 Å². The molecule has 0 spiro atoms. The number of amides is 1. The third-order valence-electron chi connectivity index (χ3n) is 6.22. The minimum Gasteiger partial charge on any atom is -0.494 e. The number of nitrogens with zero attached hydrogens (tertiary/aromatic N) is 3. The maximum Gasteiger partial charge on any atom is 0.410 e. The van der Waals surface area contributed by atoms with E-state index in [1.165, 1.54) is 25.7 Å². The van der Waals surface area contributed by atoms with Crippen LogP contribution in [0, 0.1) is 0 Å². The number of rotatable bonds is 9. The predicted octanol–water partition coefficient (Wildman–Crippen LogP) is 6.96. The Morgan fingerprint density at radius 2 is 1.86 bits per heavy atom. The number of aromatic nitrogens is 2. The van der Waals surface area contributed by atoms with Gasteiger partial charge in [-0.1, -0.05) is 56.0 Å². The standard InChI is InChI=1S/C28H37N3O4/c1-5-6-7-8-9-16-33-24-13-12-20-17-22(11-10-21(20)18-24)25-29-26(35-30-25)23-14-15-31(19-23)27(32)34-28(2,3)4/h10-13,17-18,23H,5-9,14-16,19H2,1-4H3/t23-/m1/s1. The van der Waals surface area contributed by atoms with Gasteiger partial charge in [-0.15, -0.1) is 0 Å². The minimum atomic E-state index is -0.510. The maximum absolute atomic E-state index is 12.4. The van der Waals surface area contributed by atoms with Crippen LogP contribution < -0.4 is 4.74 Å². The topological polar surface area (TPSA) is 77.7 Å².